The number of nitrogens with one attached hydrogen (secondary N) is 3. The summed E-state index contributed by atoms with van der Waals surface area (Å²) >= 11 is 0. The van der Waals surface area contributed by atoms with Crippen LogP contribution in [-0.4, -0.2) is 110 Å². The van der Waals surface area contributed by atoms with Gasteiger partial charge in [0.15, 0.2) is 11.6 Å². The average molecular weight is 949 g/mol. The predicted molar refractivity (Wildman–Crippen MR) is 261 cm³/mol. The molecule has 2 saturated heterocycles. The number of halogens is 2. The number of aliphatic carboxylic acids is 1. The molecule has 2 aliphatic rings. The van der Waals surface area contributed by atoms with Crippen LogP contribution < -0.4 is 42.3 Å². The highest BCUT2D eigenvalue weighted by Crippen LogP contribution is 2.16. The number of rotatable bonds is 17. The summed E-state index contributed by atoms with van der Waals surface area (Å²) in [5, 5.41) is 17.9. The number of nitrogen functional groups attached to an aromatic ring is 1. The topological polar surface area (TPSA) is 211 Å². The zero-order valence-electron chi connectivity index (χ0n) is 38.2. The smallest absolute Gasteiger partial charge is 0.323 e. The molecule has 0 atom stereocenters. The standard InChI is InChI=1S/C25H28FN5O3.C19H24N4O4.C6H6FN/c26-19-6-8-20(9-7-19)28-23(32)18-31-15-12-27-24(25(31)33)29-21-10-13-30(14-11-21)16-17-34-22-4-2-1-3-5-22;24-17(25)14-23-11-8-20-18(19(23)26)21-15-6-9-22(10-7-15)12-13-27-16-4-2-1-3-5-16;7-5-1-3-6(8)4-2-5/h1-9,12,15,21H,10-11,13-14,16-18H2,(H,27,29)(H,28,32);1-5,8,11,15H,6-7,9-10,12-14H2,(H,20,21)(H,24,25);1-4H,8H2. The Morgan fingerprint density at radius 3 is 1.46 bits per heavy atom. The maximum atomic E-state index is 13.0. The number of likely N-dealkylation sites (tertiary alicyclic amines) is 2. The second-order valence-corrected chi connectivity index (χ2v) is 16.3. The van der Waals surface area contributed by atoms with Crippen LogP contribution in [0.4, 0.5) is 31.8 Å². The third-order valence-electron chi connectivity index (χ3n) is 11.1. The van der Waals surface area contributed by atoms with Gasteiger partial charge in [0.2, 0.25) is 5.91 Å². The minimum atomic E-state index is -1.06. The van der Waals surface area contributed by atoms with Crippen molar-refractivity contribution in [3.05, 3.63) is 166 Å². The molecule has 6 N–H and O–H groups in total. The molecule has 364 valence electrons. The predicted octanol–water partition coefficient (Wildman–Crippen LogP) is 5.67. The largest absolute Gasteiger partial charge is 0.492 e. The zero-order chi connectivity index (χ0) is 48.8. The van der Waals surface area contributed by atoms with E-state index in [1.807, 2.05) is 60.7 Å². The molecule has 2 fully saturated rings. The molecule has 0 saturated carbocycles. The van der Waals surface area contributed by atoms with E-state index >= 15 is 0 Å². The molecule has 0 radical (unpaired) electrons. The Labute approximate surface area is 398 Å². The number of ether oxygens (including phenoxy) is 2. The van der Waals surface area contributed by atoms with Gasteiger partial charge in [-0.25, -0.2) is 18.7 Å². The van der Waals surface area contributed by atoms with Crippen LogP contribution in [0.3, 0.4) is 0 Å². The van der Waals surface area contributed by atoms with Gasteiger partial charge in [-0.2, -0.15) is 0 Å². The van der Waals surface area contributed by atoms with Crippen molar-refractivity contribution in [2.75, 3.05) is 74.2 Å². The van der Waals surface area contributed by atoms with Crippen molar-refractivity contribution in [2.45, 2.75) is 50.9 Å². The molecule has 1 amide bonds. The van der Waals surface area contributed by atoms with Crippen LogP contribution in [0.25, 0.3) is 0 Å². The number of piperidine rings is 2. The highest BCUT2D eigenvalue weighted by Gasteiger charge is 2.22. The van der Waals surface area contributed by atoms with Gasteiger partial charge >= 0.3 is 5.97 Å². The number of carboxylic acid groups (broad SMARTS) is 1. The van der Waals surface area contributed by atoms with Gasteiger partial charge in [-0.15, -0.1) is 0 Å². The Bertz CT molecular complexity index is 2590. The van der Waals surface area contributed by atoms with Crippen LogP contribution in [0.15, 0.2) is 144 Å². The van der Waals surface area contributed by atoms with Crippen LogP contribution in [0.1, 0.15) is 25.7 Å². The number of hydrogen-bond donors (Lipinski definition) is 5. The van der Waals surface area contributed by atoms with E-state index < -0.39 is 11.5 Å². The minimum absolute atomic E-state index is 0.135. The van der Waals surface area contributed by atoms with Crippen LogP contribution in [0.5, 0.6) is 11.5 Å². The molecule has 4 aromatic carbocycles. The summed E-state index contributed by atoms with van der Waals surface area (Å²) in [7, 11) is 0. The first kappa shape index (κ1) is 50.8. The number of carbonyl (C=O) groups excluding carboxylic acids is 1. The van der Waals surface area contributed by atoms with E-state index in [0.717, 1.165) is 81.0 Å². The first-order valence-electron chi connectivity index (χ1n) is 22.7. The fourth-order valence-corrected chi connectivity index (χ4v) is 7.45. The van der Waals surface area contributed by atoms with Gasteiger partial charge in [-0.1, -0.05) is 36.4 Å². The van der Waals surface area contributed by atoms with Gasteiger partial charge in [-0.3, -0.25) is 33.5 Å². The molecule has 8 rings (SSSR count). The molecular weight excluding hydrogens is 891 g/mol. The summed E-state index contributed by atoms with van der Waals surface area (Å²) in [5.41, 5.74) is 5.56. The van der Waals surface area contributed by atoms with Crippen molar-refractivity contribution in [2.24, 2.45) is 0 Å². The summed E-state index contributed by atoms with van der Waals surface area (Å²) in [5.74, 6) is 0.132. The average Bonchev–Trinajstić information content (AvgIpc) is 3.35. The quantitative estimate of drug-likeness (QED) is 0.0699. The number of nitrogens with two attached hydrogens (primary N) is 1. The van der Waals surface area contributed by atoms with Gasteiger partial charge < -0.3 is 40.8 Å². The maximum absolute atomic E-state index is 13.0. The minimum Gasteiger partial charge on any atom is -0.492 e. The fraction of sp³-hybridized carbons (Fsp3) is 0.320. The van der Waals surface area contributed by atoms with Crippen LogP contribution in [0.2, 0.25) is 0 Å². The lowest BCUT2D eigenvalue weighted by atomic mass is 10.1. The Kier molecular flexibility index (Phi) is 19.6. The normalized spacial score (nSPS) is 14.2. The van der Waals surface area contributed by atoms with Crippen molar-refractivity contribution >= 4 is 34.9 Å². The molecule has 19 heteroatoms. The van der Waals surface area contributed by atoms with Crippen molar-refractivity contribution in [3.8, 4) is 11.5 Å². The van der Waals surface area contributed by atoms with E-state index in [9.17, 15) is 28.0 Å². The molecule has 2 aliphatic heterocycles. The van der Waals surface area contributed by atoms with E-state index in [2.05, 4.69) is 35.7 Å². The third-order valence-corrected chi connectivity index (χ3v) is 11.1. The number of aromatic nitrogens is 4. The number of nitrogens with zero attached hydrogens (tertiary/aromatic N) is 6. The zero-order valence-corrected chi connectivity index (χ0v) is 38.2. The molecule has 0 aliphatic carbocycles. The molecule has 2 aromatic heterocycles. The summed E-state index contributed by atoms with van der Waals surface area (Å²) in [6.45, 7) is 6.07. The molecule has 0 spiro atoms. The lowest BCUT2D eigenvalue weighted by Crippen LogP contribution is -2.42. The van der Waals surface area contributed by atoms with E-state index in [4.69, 9.17) is 20.3 Å². The summed E-state index contributed by atoms with van der Waals surface area (Å²) in [4.78, 5) is 61.1. The Hall–Kier alpha value is -7.64. The lowest BCUT2D eigenvalue weighted by Gasteiger charge is -2.32. The van der Waals surface area contributed by atoms with E-state index in [1.54, 1.807) is 0 Å². The monoisotopic (exact) mass is 948 g/mol. The maximum Gasteiger partial charge on any atom is 0.323 e. The number of benzene rings is 4. The second-order valence-electron chi connectivity index (χ2n) is 16.3. The van der Waals surface area contributed by atoms with Gasteiger partial charge in [0.25, 0.3) is 11.1 Å². The number of carbonyl (C=O) groups is 2. The number of carboxylic acids is 1. The Morgan fingerprint density at radius 1 is 0.623 bits per heavy atom. The van der Waals surface area contributed by atoms with Crippen LogP contribution >= 0.6 is 0 Å². The van der Waals surface area contributed by atoms with E-state index in [1.165, 1.54) is 77.9 Å². The first-order valence-corrected chi connectivity index (χ1v) is 22.7. The summed E-state index contributed by atoms with van der Waals surface area (Å²) < 4.78 is 39.0. The van der Waals surface area contributed by atoms with E-state index in [0.29, 0.717) is 24.6 Å². The van der Waals surface area contributed by atoms with Gasteiger partial charge in [0.05, 0.1) is 0 Å². The molecule has 69 heavy (non-hydrogen) atoms. The highest BCUT2D eigenvalue weighted by molar-refractivity contribution is 5.90. The Morgan fingerprint density at radius 2 is 1.04 bits per heavy atom. The molecule has 4 heterocycles. The van der Waals surface area contributed by atoms with Crippen molar-refractivity contribution in [3.63, 3.8) is 0 Å². The van der Waals surface area contributed by atoms with Crippen LogP contribution in [0, 0.1) is 11.6 Å². The highest BCUT2D eigenvalue weighted by atomic mass is 19.1. The van der Waals surface area contributed by atoms with E-state index in [-0.39, 0.29) is 59.9 Å². The number of anilines is 4. The van der Waals surface area contributed by atoms with Crippen molar-refractivity contribution < 1.29 is 33.0 Å². The van der Waals surface area contributed by atoms with Crippen molar-refractivity contribution in [1.82, 2.24) is 28.9 Å². The molecule has 0 unspecified atom stereocenters. The van der Waals surface area contributed by atoms with Gasteiger partial charge in [-0.05, 0) is 98.5 Å². The SMILES string of the molecule is Nc1ccc(F)cc1.O=C(Cn1ccnc(NC2CCN(CCOc3ccccc3)CC2)c1=O)Nc1ccc(F)cc1.O=C(O)Cn1ccnc(NC2CCN(CCOc3ccccc3)CC2)c1=O. The number of hydrogen-bond acceptors (Lipinski definition) is 13. The van der Waals surface area contributed by atoms with Crippen LogP contribution in [-0.2, 0) is 22.7 Å². The van der Waals surface area contributed by atoms with Gasteiger partial charge in [0, 0.05) is 87.5 Å². The second kappa shape index (κ2) is 26.6. The molecule has 6 aromatic rings. The first-order chi connectivity index (χ1) is 33.5. The molecule has 0 bridgehead atoms. The number of para-hydroxylation sites is 2. The summed E-state index contributed by atoms with van der Waals surface area (Å²) in [6.07, 6.45) is 9.36. The van der Waals surface area contributed by atoms with Crippen molar-refractivity contribution in [1.29, 1.82) is 0 Å². The molecule has 17 nitrogen and oxygen atoms in total. The lowest BCUT2D eigenvalue weighted by molar-refractivity contribution is -0.137. The molecular formula is C50H58F2N10O7. The van der Waals surface area contributed by atoms with Gasteiger partial charge in [0.1, 0.15) is 49.4 Å². The fourth-order valence-electron chi connectivity index (χ4n) is 7.45. The number of amides is 1. The summed E-state index contributed by atoms with van der Waals surface area (Å²) in [6, 6.07) is 31.0. The Balaban J connectivity index is 0.000000199. The third kappa shape index (κ3) is 17.5.